The Morgan fingerprint density at radius 1 is 0.952 bits per heavy atom. The first-order valence-corrected chi connectivity index (χ1v) is 8.35. The molecule has 0 saturated heterocycles. The highest BCUT2D eigenvalue weighted by Gasteiger charge is 2.33. The van der Waals surface area contributed by atoms with E-state index in [1.54, 1.807) is 5.57 Å². The Morgan fingerprint density at radius 2 is 1.57 bits per heavy atom. The molecule has 124 valence electrons. The van der Waals surface area contributed by atoms with Gasteiger partial charge in [-0.2, -0.15) is 0 Å². The molecule has 0 spiro atoms. The minimum atomic E-state index is 0.0638. The summed E-state index contributed by atoms with van der Waals surface area (Å²) in [4.78, 5) is 2.51. The Balaban J connectivity index is 3.28. The lowest BCUT2D eigenvalue weighted by atomic mass is 9.82. The minimum absolute atomic E-state index is 0.0638. The molecule has 21 heavy (non-hydrogen) atoms. The molecule has 0 aromatic heterocycles. The van der Waals surface area contributed by atoms with Crippen molar-refractivity contribution in [3.63, 3.8) is 0 Å². The van der Waals surface area contributed by atoms with Crippen molar-refractivity contribution in [2.24, 2.45) is 11.8 Å². The number of nitrogens with zero attached hydrogens (tertiary/aromatic N) is 1. The van der Waals surface area contributed by atoms with Crippen LogP contribution in [0.15, 0.2) is 11.1 Å². The van der Waals surface area contributed by atoms with Gasteiger partial charge in [0, 0.05) is 33.4 Å². The summed E-state index contributed by atoms with van der Waals surface area (Å²) in [5.74, 6) is 1.06. The maximum Gasteiger partial charge on any atom is 0.106 e. The third-order valence-electron chi connectivity index (χ3n) is 4.70. The van der Waals surface area contributed by atoms with Gasteiger partial charge >= 0.3 is 0 Å². The molecule has 3 nitrogen and oxygen atoms in total. The first-order chi connectivity index (χ1) is 9.83. The molecular formula is C18H35NO2. The van der Waals surface area contributed by atoms with E-state index in [0.29, 0.717) is 17.9 Å². The summed E-state index contributed by atoms with van der Waals surface area (Å²) in [6.07, 6.45) is 1.30. The lowest BCUT2D eigenvalue weighted by Crippen LogP contribution is -2.47. The highest BCUT2D eigenvalue weighted by atomic mass is 16.5. The van der Waals surface area contributed by atoms with Crippen LogP contribution in [0.2, 0.25) is 0 Å². The van der Waals surface area contributed by atoms with Gasteiger partial charge in [-0.1, -0.05) is 33.3 Å². The van der Waals surface area contributed by atoms with Crippen molar-refractivity contribution in [3.8, 4) is 0 Å². The number of methoxy groups -OCH3 is 2. The molecule has 1 aliphatic rings. The molecule has 0 aromatic carbocycles. The van der Waals surface area contributed by atoms with Crippen LogP contribution in [0.4, 0.5) is 0 Å². The summed E-state index contributed by atoms with van der Waals surface area (Å²) >= 11 is 0. The van der Waals surface area contributed by atoms with Crippen LogP contribution in [0.5, 0.6) is 0 Å². The zero-order chi connectivity index (χ0) is 16.2. The summed E-state index contributed by atoms with van der Waals surface area (Å²) in [7, 11) is 3.63. The number of ether oxygens (including phenoxy) is 2. The van der Waals surface area contributed by atoms with Crippen molar-refractivity contribution < 1.29 is 9.47 Å². The summed E-state index contributed by atoms with van der Waals surface area (Å²) < 4.78 is 11.7. The lowest BCUT2D eigenvalue weighted by molar-refractivity contribution is -0.0441. The topological polar surface area (TPSA) is 21.7 Å². The SMILES string of the molecule is CO[C@H]1CN(C(C)C)CC/C(C(C)C)=C(/C(C)C)[C@@H]1OC. The quantitative estimate of drug-likeness (QED) is 0.722. The molecule has 1 rings (SSSR count). The van der Waals surface area contributed by atoms with Crippen LogP contribution < -0.4 is 0 Å². The first kappa shape index (κ1) is 18.7. The van der Waals surface area contributed by atoms with Gasteiger partial charge in [-0.3, -0.25) is 4.90 Å². The van der Waals surface area contributed by atoms with Crippen LogP contribution in [-0.2, 0) is 9.47 Å². The molecule has 0 radical (unpaired) electrons. The third kappa shape index (κ3) is 4.54. The van der Waals surface area contributed by atoms with Crippen molar-refractivity contribution in [3.05, 3.63) is 11.1 Å². The van der Waals surface area contributed by atoms with Crippen molar-refractivity contribution in [2.75, 3.05) is 27.3 Å². The fourth-order valence-corrected chi connectivity index (χ4v) is 3.48. The largest absolute Gasteiger partial charge is 0.377 e. The van der Waals surface area contributed by atoms with E-state index in [1.165, 1.54) is 5.57 Å². The van der Waals surface area contributed by atoms with Gasteiger partial charge in [0.15, 0.2) is 0 Å². The van der Waals surface area contributed by atoms with E-state index in [0.717, 1.165) is 19.5 Å². The second-order valence-corrected chi connectivity index (χ2v) is 7.06. The molecular weight excluding hydrogens is 262 g/mol. The summed E-state index contributed by atoms with van der Waals surface area (Å²) in [5.41, 5.74) is 3.02. The van der Waals surface area contributed by atoms with Gasteiger partial charge in [0.2, 0.25) is 0 Å². The second-order valence-electron chi connectivity index (χ2n) is 7.06. The van der Waals surface area contributed by atoms with E-state index in [-0.39, 0.29) is 12.2 Å². The highest BCUT2D eigenvalue weighted by Crippen LogP contribution is 2.32. The van der Waals surface area contributed by atoms with Gasteiger partial charge in [0.05, 0.1) is 6.10 Å². The van der Waals surface area contributed by atoms with Crippen molar-refractivity contribution in [1.82, 2.24) is 4.90 Å². The van der Waals surface area contributed by atoms with Gasteiger partial charge < -0.3 is 9.47 Å². The van der Waals surface area contributed by atoms with Crippen molar-refractivity contribution in [2.45, 2.75) is 66.2 Å². The Bertz CT molecular complexity index is 347. The molecule has 3 heteroatoms. The van der Waals surface area contributed by atoms with Gasteiger partial charge in [-0.25, -0.2) is 0 Å². The van der Waals surface area contributed by atoms with Gasteiger partial charge in [0.25, 0.3) is 0 Å². The zero-order valence-corrected chi connectivity index (χ0v) is 15.3. The number of hydrogen-bond donors (Lipinski definition) is 0. The normalized spacial score (nSPS) is 29.3. The third-order valence-corrected chi connectivity index (χ3v) is 4.70. The molecule has 0 bridgehead atoms. The Kier molecular flexibility index (Phi) is 7.38. The van der Waals surface area contributed by atoms with Gasteiger partial charge in [0.1, 0.15) is 6.10 Å². The monoisotopic (exact) mass is 297 g/mol. The summed E-state index contributed by atoms with van der Waals surface area (Å²) in [6.45, 7) is 15.7. The number of hydrogen-bond acceptors (Lipinski definition) is 3. The van der Waals surface area contributed by atoms with E-state index < -0.39 is 0 Å². The molecule has 1 heterocycles. The predicted octanol–water partition coefficient (Wildman–Crippen LogP) is 3.74. The van der Waals surface area contributed by atoms with Gasteiger partial charge in [-0.05, 0) is 37.7 Å². The molecule has 0 N–H and O–H groups in total. The smallest absolute Gasteiger partial charge is 0.106 e. The molecule has 0 unspecified atom stereocenters. The van der Waals surface area contributed by atoms with E-state index in [1.807, 2.05) is 14.2 Å². The number of rotatable bonds is 5. The Labute approximate surface area is 131 Å². The van der Waals surface area contributed by atoms with Crippen LogP contribution in [-0.4, -0.2) is 50.5 Å². The molecule has 0 fully saturated rings. The average Bonchev–Trinajstić information content (AvgIpc) is 2.37. The lowest BCUT2D eigenvalue weighted by Gasteiger charge is -2.39. The van der Waals surface area contributed by atoms with Crippen LogP contribution in [0, 0.1) is 11.8 Å². The molecule has 0 aromatic rings. The molecule has 1 aliphatic heterocycles. The predicted molar refractivity (Wildman–Crippen MR) is 89.6 cm³/mol. The van der Waals surface area contributed by atoms with E-state index in [9.17, 15) is 0 Å². The maximum absolute atomic E-state index is 5.90. The zero-order valence-electron chi connectivity index (χ0n) is 15.3. The highest BCUT2D eigenvalue weighted by molar-refractivity contribution is 5.25. The molecule has 0 saturated carbocycles. The van der Waals surface area contributed by atoms with E-state index in [4.69, 9.17) is 9.47 Å². The Morgan fingerprint density at radius 3 is 1.95 bits per heavy atom. The standard InChI is InChI=1S/C18H35NO2/c1-12(2)15-9-10-19(14(5)6)11-16(20-7)18(21-8)17(15)13(3)4/h12-14,16,18H,9-11H2,1-8H3/b17-15+/t16-,18+/m0/s1. The van der Waals surface area contributed by atoms with Crippen molar-refractivity contribution >= 4 is 0 Å². The fraction of sp³-hybridized carbons (Fsp3) is 0.889. The first-order valence-electron chi connectivity index (χ1n) is 8.35. The van der Waals surface area contributed by atoms with Crippen LogP contribution in [0.25, 0.3) is 0 Å². The fourth-order valence-electron chi connectivity index (χ4n) is 3.48. The molecule has 0 amide bonds. The summed E-state index contributed by atoms with van der Waals surface area (Å²) in [6, 6.07) is 0.536. The van der Waals surface area contributed by atoms with Gasteiger partial charge in [-0.15, -0.1) is 0 Å². The molecule has 0 aliphatic carbocycles. The van der Waals surface area contributed by atoms with Crippen molar-refractivity contribution in [1.29, 1.82) is 0 Å². The Hall–Kier alpha value is -0.380. The minimum Gasteiger partial charge on any atom is -0.377 e. The summed E-state index contributed by atoms with van der Waals surface area (Å²) in [5, 5.41) is 0. The maximum atomic E-state index is 5.90. The average molecular weight is 297 g/mol. The van der Waals surface area contributed by atoms with Crippen LogP contribution in [0.3, 0.4) is 0 Å². The van der Waals surface area contributed by atoms with Crippen LogP contribution in [0.1, 0.15) is 48.0 Å². The van der Waals surface area contributed by atoms with Crippen LogP contribution >= 0.6 is 0 Å². The molecule has 2 atom stereocenters. The van der Waals surface area contributed by atoms with E-state index in [2.05, 4.69) is 46.4 Å². The second kappa shape index (κ2) is 8.30. The van der Waals surface area contributed by atoms with E-state index >= 15 is 0 Å².